The van der Waals surface area contributed by atoms with Crippen LogP contribution in [-0.4, -0.2) is 23.6 Å². The molecule has 48 heavy (non-hydrogen) atoms. The number of allylic oxidation sites excluding steroid dienone is 3. The molecule has 5 heteroatoms. The highest BCUT2D eigenvalue weighted by Crippen LogP contribution is 2.71. The van der Waals surface area contributed by atoms with Crippen molar-refractivity contribution in [2.75, 3.05) is 12.4 Å². The highest BCUT2D eigenvalue weighted by Gasteiger charge is 2.66. The van der Waals surface area contributed by atoms with Crippen LogP contribution in [0.2, 0.25) is 0 Å². The predicted octanol–water partition coefficient (Wildman–Crippen LogP) is 11.8. The van der Waals surface area contributed by atoms with Gasteiger partial charge in [-0.15, -0.1) is 11.3 Å². The molecule has 262 valence electrons. The summed E-state index contributed by atoms with van der Waals surface area (Å²) in [5.74, 6) is 2.97. The third kappa shape index (κ3) is 5.92. The fourth-order valence-corrected chi connectivity index (χ4v) is 12.6. The zero-order valence-corrected chi connectivity index (χ0v) is 32.0. The molecule has 0 bridgehead atoms. The van der Waals surface area contributed by atoms with Crippen LogP contribution in [0.3, 0.4) is 0 Å². The van der Waals surface area contributed by atoms with Gasteiger partial charge in [-0.25, -0.2) is 9.78 Å². The van der Waals surface area contributed by atoms with Crippen LogP contribution in [0.4, 0.5) is 5.13 Å². The summed E-state index contributed by atoms with van der Waals surface area (Å²) in [7, 11) is 1.45. The molecule has 8 unspecified atom stereocenters. The number of hydrogen-bond acceptors (Lipinski definition) is 5. The number of fused-ring (bicyclic) bond motifs is 5. The number of carbonyl (C=O) groups excluding carboxylic acids is 1. The SMILES string of the molecule is C=C(CC)C1CCC2(Nc3nc(CC)cs3)CCC3(C)C(CCC4C(C)CC=C(c5ccc(C(=O)OC)cc5)C(C)(C)CCCC43C)C12. The van der Waals surface area contributed by atoms with Crippen molar-refractivity contribution < 1.29 is 9.53 Å². The minimum atomic E-state index is -0.273. The fraction of sp³-hybridized carbons (Fsp3) is 0.674. The maximum Gasteiger partial charge on any atom is 0.337 e. The van der Waals surface area contributed by atoms with Crippen molar-refractivity contribution >= 4 is 28.0 Å². The average Bonchev–Trinajstić information content (AvgIpc) is 3.69. The van der Waals surface area contributed by atoms with Crippen LogP contribution < -0.4 is 5.32 Å². The molecule has 0 spiro atoms. The number of anilines is 1. The van der Waals surface area contributed by atoms with Gasteiger partial charge in [-0.1, -0.05) is 85.2 Å². The van der Waals surface area contributed by atoms with Gasteiger partial charge in [0.15, 0.2) is 5.13 Å². The van der Waals surface area contributed by atoms with Crippen LogP contribution >= 0.6 is 11.3 Å². The number of methoxy groups -OCH3 is 1. The summed E-state index contributed by atoms with van der Waals surface area (Å²) >= 11 is 1.81. The van der Waals surface area contributed by atoms with Crippen LogP contribution in [0.25, 0.3) is 5.57 Å². The van der Waals surface area contributed by atoms with E-state index in [2.05, 4.69) is 77.4 Å². The number of ether oxygens (including phenoxy) is 1. The van der Waals surface area contributed by atoms with E-state index in [1.807, 2.05) is 23.5 Å². The number of aromatic nitrogens is 1. The highest BCUT2D eigenvalue weighted by molar-refractivity contribution is 7.13. The zero-order valence-electron chi connectivity index (χ0n) is 31.2. The fourth-order valence-electron chi connectivity index (χ4n) is 11.7. The molecule has 4 nitrogen and oxygen atoms in total. The maximum atomic E-state index is 12.1. The number of nitrogens with zero attached hydrogens (tertiary/aromatic N) is 1. The van der Waals surface area contributed by atoms with Crippen molar-refractivity contribution in [1.82, 2.24) is 4.98 Å². The summed E-state index contributed by atoms with van der Waals surface area (Å²) < 4.78 is 4.97. The second-order valence-corrected chi connectivity index (χ2v) is 18.1. The summed E-state index contributed by atoms with van der Waals surface area (Å²) in [5.41, 5.74) is 6.76. The minimum Gasteiger partial charge on any atom is -0.465 e. The molecule has 1 heterocycles. The van der Waals surface area contributed by atoms with Gasteiger partial charge < -0.3 is 10.1 Å². The largest absolute Gasteiger partial charge is 0.465 e. The number of benzene rings is 1. The van der Waals surface area contributed by atoms with Crippen LogP contribution in [0.5, 0.6) is 0 Å². The number of rotatable bonds is 7. The molecule has 0 amide bonds. The van der Waals surface area contributed by atoms with Crippen molar-refractivity contribution in [3.05, 3.63) is 64.7 Å². The van der Waals surface area contributed by atoms with E-state index >= 15 is 0 Å². The third-order valence-corrected chi connectivity index (χ3v) is 15.5. The number of thiazole rings is 1. The molecule has 3 saturated carbocycles. The Kier molecular flexibility index (Phi) is 9.88. The van der Waals surface area contributed by atoms with E-state index in [4.69, 9.17) is 16.3 Å². The third-order valence-electron chi connectivity index (χ3n) is 14.7. The standard InChI is InChI=1S/C43H62N2O2S/c1-10-28(3)33-21-24-43(45-39-44-32(11-2)27-48-39)26-25-42(8)36(37(33)43)20-19-34-29(4)13-18-35(40(5,6)22-12-23-41(34,42)7)30-14-16-31(17-15-30)38(46)47-9/h14-18,27,29,33-34,36-37H,3,10-13,19-26H2,1-2,4-9H3,(H,44,45). The Morgan fingerprint density at radius 2 is 1.69 bits per heavy atom. The van der Waals surface area contributed by atoms with E-state index in [-0.39, 0.29) is 16.9 Å². The summed E-state index contributed by atoms with van der Waals surface area (Å²) in [6.45, 7) is 22.2. The van der Waals surface area contributed by atoms with E-state index < -0.39 is 0 Å². The number of carbonyl (C=O) groups is 1. The highest BCUT2D eigenvalue weighted by atomic mass is 32.1. The molecule has 8 atom stereocenters. The molecule has 0 aliphatic heterocycles. The smallest absolute Gasteiger partial charge is 0.337 e. The molecular weight excluding hydrogens is 609 g/mol. The Hall–Kier alpha value is -2.40. The molecule has 2 aromatic rings. The van der Waals surface area contributed by atoms with Crippen molar-refractivity contribution in [2.24, 2.45) is 45.8 Å². The summed E-state index contributed by atoms with van der Waals surface area (Å²) in [4.78, 5) is 17.2. The Balaban J connectivity index is 1.33. The Morgan fingerprint density at radius 3 is 2.35 bits per heavy atom. The molecule has 3 fully saturated rings. The molecule has 1 N–H and O–H groups in total. The van der Waals surface area contributed by atoms with Crippen LogP contribution in [0, 0.1) is 45.8 Å². The van der Waals surface area contributed by atoms with Crippen molar-refractivity contribution in [3.63, 3.8) is 0 Å². The van der Waals surface area contributed by atoms with Gasteiger partial charge in [-0.3, -0.25) is 0 Å². The first-order valence-corrected chi connectivity index (χ1v) is 20.0. The van der Waals surface area contributed by atoms with Gasteiger partial charge in [0.2, 0.25) is 0 Å². The van der Waals surface area contributed by atoms with E-state index in [1.165, 1.54) is 87.3 Å². The molecule has 1 aromatic carbocycles. The van der Waals surface area contributed by atoms with Crippen LogP contribution in [0.1, 0.15) is 141 Å². The van der Waals surface area contributed by atoms with E-state index in [1.54, 1.807) is 0 Å². The van der Waals surface area contributed by atoms with Crippen molar-refractivity contribution in [3.8, 4) is 0 Å². The Labute approximate surface area is 295 Å². The lowest BCUT2D eigenvalue weighted by Crippen LogP contribution is -2.63. The van der Waals surface area contributed by atoms with E-state index in [9.17, 15) is 4.79 Å². The zero-order chi connectivity index (χ0) is 34.5. The first-order valence-electron chi connectivity index (χ1n) is 19.1. The minimum absolute atomic E-state index is 0.0524. The number of nitrogens with one attached hydrogen (secondary N) is 1. The Morgan fingerprint density at radius 1 is 0.979 bits per heavy atom. The number of aryl methyl sites for hydroxylation is 1. The van der Waals surface area contributed by atoms with Gasteiger partial charge in [-0.2, -0.15) is 0 Å². The molecule has 0 saturated heterocycles. The average molecular weight is 671 g/mol. The second kappa shape index (κ2) is 13.4. The van der Waals surface area contributed by atoms with Crippen molar-refractivity contribution in [2.45, 2.75) is 131 Å². The van der Waals surface area contributed by atoms with Crippen molar-refractivity contribution in [1.29, 1.82) is 0 Å². The molecule has 1 aromatic heterocycles. The van der Waals surface area contributed by atoms with Gasteiger partial charge in [0.1, 0.15) is 0 Å². The molecule has 4 aliphatic rings. The normalized spacial score (nSPS) is 36.2. The molecular formula is C43H62N2O2S. The quantitative estimate of drug-likeness (QED) is 0.235. The number of esters is 1. The molecule has 6 rings (SSSR count). The van der Waals surface area contributed by atoms with Gasteiger partial charge >= 0.3 is 5.97 Å². The maximum absolute atomic E-state index is 12.1. The lowest BCUT2D eigenvalue weighted by Gasteiger charge is -2.67. The Bertz CT molecular complexity index is 1520. The van der Waals surface area contributed by atoms with Crippen LogP contribution in [-0.2, 0) is 11.2 Å². The van der Waals surface area contributed by atoms with Gasteiger partial charge in [0.05, 0.1) is 18.4 Å². The van der Waals surface area contributed by atoms with Gasteiger partial charge in [0, 0.05) is 10.9 Å². The lowest BCUT2D eigenvalue weighted by molar-refractivity contribution is -0.160. The number of hydrogen-bond donors (Lipinski definition) is 1. The predicted molar refractivity (Wildman–Crippen MR) is 202 cm³/mol. The second-order valence-electron chi connectivity index (χ2n) is 17.2. The molecule has 4 aliphatic carbocycles. The van der Waals surface area contributed by atoms with Crippen LogP contribution in [0.15, 0.2) is 47.9 Å². The van der Waals surface area contributed by atoms with Gasteiger partial charge in [-0.05, 0) is 140 Å². The van der Waals surface area contributed by atoms with Gasteiger partial charge in [0.25, 0.3) is 0 Å². The van der Waals surface area contributed by atoms with E-state index in [0.29, 0.717) is 46.0 Å². The monoisotopic (exact) mass is 670 g/mol. The first kappa shape index (κ1) is 35.4. The summed E-state index contributed by atoms with van der Waals surface area (Å²) in [5, 5.41) is 7.57. The molecule has 0 radical (unpaired) electrons. The van der Waals surface area contributed by atoms with E-state index in [0.717, 1.165) is 24.4 Å². The summed E-state index contributed by atoms with van der Waals surface area (Å²) in [6.07, 6.45) is 17.2. The first-order chi connectivity index (χ1) is 22.8. The topological polar surface area (TPSA) is 51.2 Å². The summed E-state index contributed by atoms with van der Waals surface area (Å²) in [6, 6.07) is 8.12. The lowest BCUT2D eigenvalue weighted by atomic mass is 9.39.